The van der Waals surface area contributed by atoms with Gasteiger partial charge in [-0.05, 0) is 60.2 Å². The van der Waals surface area contributed by atoms with Crippen molar-refractivity contribution in [3.05, 3.63) is 87.3 Å². The number of methoxy groups -OCH3 is 1. The van der Waals surface area contributed by atoms with Crippen LogP contribution in [-0.2, 0) is 27.7 Å². The van der Waals surface area contributed by atoms with Gasteiger partial charge in [-0.3, -0.25) is 9.00 Å². The van der Waals surface area contributed by atoms with Crippen molar-refractivity contribution in [1.29, 1.82) is 0 Å². The molecule has 4 aromatic rings. The Labute approximate surface area is 237 Å². The zero-order valence-electron chi connectivity index (χ0n) is 20.9. The van der Waals surface area contributed by atoms with Gasteiger partial charge in [0.15, 0.2) is 5.82 Å². The molecular weight excluding hydrogens is 563 g/mol. The van der Waals surface area contributed by atoms with E-state index in [9.17, 15) is 13.6 Å². The number of nitrogens with one attached hydrogen (secondary N) is 1. The molecule has 0 aliphatic heterocycles. The first kappa shape index (κ1) is 27.3. The maximum atomic E-state index is 12.7. The molecule has 2 aromatic heterocycles. The van der Waals surface area contributed by atoms with Crippen LogP contribution < -0.4 is 10.1 Å². The van der Waals surface area contributed by atoms with E-state index in [0.29, 0.717) is 50.0 Å². The summed E-state index contributed by atoms with van der Waals surface area (Å²) in [5.74, 6) is 1.02. The lowest BCUT2D eigenvalue weighted by Gasteiger charge is -2.17. The third-order valence-corrected chi connectivity index (χ3v) is 8.15. The summed E-state index contributed by atoms with van der Waals surface area (Å²) in [6.07, 6.45) is 3.18. The number of pyridine rings is 1. The first-order chi connectivity index (χ1) is 18.7. The van der Waals surface area contributed by atoms with Crippen LogP contribution in [0.15, 0.2) is 59.3 Å². The van der Waals surface area contributed by atoms with Gasteiger partial charge in [0, 0.05) is 38.8 Å². The lowest BCUT2D eigenvalue weighted by Crippen LogP contribution is -2.16. The van der Waals surface area contributed by atoms with E-state index in [4.69, 9.17) is 32.5 Å². The van der Waals surface area contributed by atoms with Crippen LogP contribution in [0.5, 0.6) is 5.88 Å². The molecule has 0 bridgehead atoms. The van der Waals surface area contributed by atoms with E-state index >= 15 is 0 Å². The molecule has 5 rings (SSSR count). The lowest BCUT2D eigenvalue weighted by molar-refractivity contribution is -0.115. The van der Waals surface area contributed by atoms with Crippen molar-refractivity contribution in [2.45, 2.75) is 36.9 Å². The first-order valence-corrected chi connectivity index (χ1v) is 13.9. The average Bonchev–Trinajstić information content (AvgIpc) is 3.54. The quantitative estimate of drug-likeness (QED) is 0.249. The van der Waals surface area contributed by atoms with Gasteiger partial charge in [-0.25, -0.2) is 4.98 Å². The summed E-state index contributed by atoms with van der Waals surface area (Å²) in [6, 6.07) is 13.7. The third kappa shape index (κ3) is 5.69. The number of carbonyl (C=O) groups excluding carboxylic acids is 1. The minimum Gasteiger partial charge on any atom is -0.772 e. The number of rotatable bonds is 9. The van der Waals surface area contributed by atoms with Gasteiger partial charge >= 0.3 is 0 Å². The molecular formula is C27H23Cl2N4O5S-. The highest BCUT2D eigenvalue weighted by Crippen LogP contribution is 2.57. The second-order valence-corrected chi connectivity index (χ2v) is 11.3. The van der Waals surface area contributed by atoms with E-state index in [2.05, 4.69) is 20.4 Å². The highest BCUT2D eigenvalue weighted by molar-refractivity contribution is 7.79. The Bertz CT molecular complexity index is 1520. The number of ether oxygens (including phenoxy) is 1. The summed E-state index contributed by atoms with van der Waals surface area (Å²) in [7, 11) is 1.54. The number of halogens is 2. The largest absolute Gasteiger partial charge is 0.772 e. The molecule has 1 fully saturated rings. The van der Waals surface area contributed by atoms with Crippen molar-refractivity contribution in [3.8, 4) is 17.3 Å². The zero-order valence-corrected chi connectivity index (χ0v) is 23.3. The molecule has 1 aliphatic rings. The van der Waals surface area contributed by atoms with E-state index in [1.165, 1.54) is 7.11 Å². The van der Waals surface area contributed by atoms with Gasteiger partial charge in [-0.2, -0.15) is 4.98 Å². The van der Waals surface area contributed by atoms with Crippen LogP contribution in [0.2, 0.25) is 10.0 Å². The van der Waals surface area contributed by atoms with Crippen molar-refractivity contribution in [3.63, 3.8) is 0 Å². The summed E-state index contributed by atoms with van der Waals surface area (Å²) in [5, 5.41) is 7.18. The normalized spacial score (nSPS) is 15.4. The highest BCUT2D eigenvalue weighted by atomic mass is 35.5. The molecule has 2 aromatic carbocycles. The van der Waals surface area contributed by atoms with Crippen molar-refractivity contribution in [1.82, 2.24) is 15.1 Å². The number of anilines is 1. The maximum Gasteiger partial charge on any atom is 0.259 e. The Morgan fingerprint density at radius 2 is 1.87 bits per heavy atom. The molecule has 202 valence electrons. The summed E-state index contributed by atoms with van der Waals surface area (Å²) in [6.45, 7) is 1.60. The van der Waals surface area contributed by atoms with Crippen molar-refractivity contribution in [2.24, 2.45) is 0 Å². The van der Waals surface area contributed by atoms with Crippen molar-refractivity contribution in [2.75, 3.05) is 12.4 Å². The summed E-state index contributed by atoms with van der Waals surface area (Å²) >= 11 is 11.2. The SMILES string of the molecule is COc1ccc(-c2nc(C3(c4c(Cl)cc(NC(=O)Cc5ccc(C(C)S(=O)[O-])cc5)cc4Cl)CC3)no2)cn1. The molecule has 0 spiro atoms. The Kier molecular flexibility index (Phi) is 7.73. The Hall–Kier alpha value is -3.31. The smallest absolute Gasteiger partial charge is 0.259 e. The van der Waals surface area contributed by atoms with Gasteiger partial charge in [-0.1, -0.05) is 52.6 Å². The van der Waals surface area contributed by atoms with Crippen LogP contribution >= 0.6 is 23.2 Å². The fourth-order valence-corrected chi connectivity index (χ4v) is 5.61. The molecule has 0 saturated heterocycles. The Morgan fingerprint density at radius 1 is 1.18 bits per heavy atom. The molecule has 39 heavy (non-hydrogen) atoms. The predicted molar refractivity (Wildman–Crippen MR) is 147 cm³/mol. The van der Waals surface area contributed by atoms with Gasteiger partial charge in [0.25, 0.3) is 5.89 Å². The van der Waals surface area contributed by atoms with E-state index in [1.54, 1.807) is 61.7 Å². The standard InChI is InChI=1S/C27H24Cl2N4O5S/c1-15(39(35)36)17-5-3-16(4-6-17)11-22(34)31-19-12-20(28)24(21(29)13-19)27(9-10-27)26-32-25(38-33-26)18-7-8-23(37-2)30-14-18/h3-8,12-15H,9-11H2,1-2H3,(H,31,34)(H,35,36)/p-1. The predicted octanol–water partition coefficient (Wildman–Crippen LogP) is 5.65. The number of nitrogens with zero attached hydrogens (tertiary/aromatic N) is 3. The molecule has 2 heterocycles. The molecule has 1 aliphatic carbocycles. The van der Waals surface area contributed by atoms with Crippen LogP contribution in [0.3, 0.4) is 0 Å². The minimum atomic E-state index is -2.21. The number of benzene rings is 2. The monoisotopic (exact) mass is 585 g/mol. The van der Waals surface area contributed by atoms with E-state index in [1.807, 2.05) is 0 Å². The molecule has 2 unspecified atom stereocenters. The van der Waals surface area contributed by atoms with Gasteiger partial charge in [0.2, 0.25) is 11.8 Å². The van der Waals surface area contributed by atoms with Gasteiger partial charge in [-0.15, -0.1) is 0 Å². The summed E-state index contributed by atoms with van der Waals surface area (Å²) in [4.78, 5) is 21.5. The van der Waals surface area contributed by atoms with Crippen LogP contribution in [0.1, 0.15) is 47.5 Å². The van der Waals surface area contributed by atoms with Gasteiger partial charge in [0.05, 0.1) is 24.5 Å². The molecule has 0 radical (unpaired) electrons. The van der Waals surface area contributed by atoms with Crippen molar-refractivity contribution >= 4 is 45.9 Å². The zero-order chi connectivity index (χ0) is 27.7. The topological polar surface area (TPSA) is 130 Å². The molecule has 1 amide bonds. The number of amides is 1. The highest BCUT2D eigenvalue weighted by Gasteiger charge is 2.52. The molecule has 9 nitrogen and oxygen atoms in total. The minimum absolute atomic E-state index is 0.0991. The number of aromatic nitrogens is 3. The van der Waals surface area contributed by atoms with E-state index < -0.39 is 21.7 Å². The summed E-state index contributed by atoms with van der Waals surface area (Å²) in [5.41, 5.74) is 2.62. The fourth-order valence-electron chi connectivity index (χ4n) is 4.38. The van der Waals surface area contributed by atoms with Crippen LogP contribution in [0, 0.1) is 0 Å². The van der Waals surface area contributed by atoms with E-state index in [-0.39, 0.29) is 12.3 Å². The van der Waals surface area contributed by atoms with Crippen LogP contribution in [0.25, 0.3) is 11.5 Å². The Balaban J connectivity index is 1.30. The maximum absolute atomic E-state index is 12.7. The molecule has 1 N–H and O–H groups in total. The molecule has 12 heteroatoms. The Morgan fingerprint density at radius 3 is 2.44 bits per heavy atom. The van der Waals surface area contributed by atoms with Crippen molar-refractivity contribution < 1.29 is 22.8 Å². The summed E-state index contributed by atoms with van der Waals surface area (Å²) < 4.78 is 32.9. The number of hydrogen-bond donors (Lipinski definition) is 1. The number of carbonyl (C=O) groups is 1. The fraction of sp³-hybridized carbons (Fsp3) is 0.259. The van der Waals surface area contributed by atoms with E-state index in [0.717, 1.165) is 18.4 Å². The average molecular weight is 586 g/mol. The van der Waals surface area contributed by atoms with Crippen LogP contribution in [0.4, 0.5) is 5.69 Å². The number of hydrogen-bond acceptors (Lipinski definition) is 8. The van der Waals surface area contributed by atoms with Crippen LogP contribution in [-0.4, -0.2) is 36.9 Å². The second-order valence-electron chi connectivity index (χ2n) is 9.28. The molecule has 2 atom stereocenters. The lowest BCUT2D eigenvalue weighted by atomic mass is 9.94. The third-order valence-electron chi connectivity index (χ3n) is 6.70. The van der Waals surface area contributed by atoms with Gasteiger partial charge in [0.1, 0.15) is 0 Å². The van der Waals surface area contributed by atoms with Gasteiger partial charge < -0.3 is 19.1 Å². The first-order valence-electron chi connectivity index (χ1n) is 12.0. The second kappa shape index (κ2) is 11.1. The molecule has 1 saturated carbocycles.